The molecule has 36 heavy (non-hydrogen) atoms. The number of nitrogens with zero attached hydrogens (tertiary/aromatic N) is 4. The first kappa shape index (κ1) is 22.8. The van der Waals surface area contributed by atoms with Gasteiger partial charge in [-0.15, -0.1) is 0 Å². The molecule has 0 atom stereocenters. The van der Waals surface area contributed by atoms with Crippen LogP contribution in [-0.2, 0) is 4.79 Å². The highest BCUT2D eigenvalue weighted by molar-refractivity contribution is 6.05. The van der Waals surface area contributed by atoms with E-state index >= 15 is 0 Å². The largest absolute Gasteiger partial charge is 0.457 e. The predicted molar refractivity (Wildman–Crippen MR) is 137 cm³/mol. The van der Waals surface area contributed by atoms with Gasteiger partial charge < -0.3 is 24.9 Å². The van der Waals surface area contributed by atoms with Crippen LogP contribution in [0.5, 0.6) is 11.5 Å². The van der Waals surface area contributed by atoms with Gasteiger partial charge in [0.2, 0.25) is 0 Å². The number of aliphatic hydroxyl groups excluding tert-OH is 1. The van der Waals surface area contributed by atoms with Gasteiger partial charge in [0, 0.05) is 47.8 Å². The molecule has 0 radical (unpaired) electrons. The van der Waals surface area contributed by atoms with Crippen LogP contribution in [-0.4, -0.2) is 37.0 Å². The fourth-order valence-electron chi connectivity index (χ4n) is 3.66. The van der Waals surface area contributed by atoms with E-state index in [2.05, 4.69) is 37.4 Å². The summed E-state index contributed by atoms with van der Waals surface area (Å²) in [6, 6.07) is 14.9. The molecule has 0 unspecified atom stereocenters. The number of benzene rings is 2. The smallest absolute Gasteiger partial charge is 0.300 e. The number of aromatic nitrogens is 4. The number of rotatable bonds is 6. The number of ether oxygens (including phenoxy) is 1. The first-order chi connectivity index (χ1) is 17.6. The van der Waals surface area contributed by atoms with E-state index in [1.165, 1.54) is 6.33 Å². The molecule has 3 aromatic heterocycles. The molecule has 0 fully saturated rings. The number of amides is 1. The lowest BCUT2D eigenvalue weighted by Gasteiger charge is -2.13. The highest BCUT2D eigenvalue weighted by atomic mass is 16.5. The van der Waals surface area contributed by atoms with Crippen LogP contribution < -0.4 is 15.4 Å². The lowest BCUT2D eigenvalue weighted by molar-refractivity contribution is -0.111. The van der Waals surface area contributed by atoms with Crippen LogP contribution in [0.2, 0.25) is 0 Å². The summed E-state index contributed by atoms with van der Waals surface area (Å²) >= 11 is 0. The second-order valence-electron chi connectivity index (χ2n) is 7.95. The third-order valence-corrected chi connectivity index (χ3v) is 5.37. The molecule has 0 bridgehead atoms. The Labute approximate surface area is 206 Å². The van der Waals surface area contributed by atoms with E-state index in [0.717, 1.165) is 33.6 Å². The summed E-state index contributed by atoms with van der Waals surface area (Å²) in [5.41, 5.74) is 3.87. The van der Waals surface area contributed by atoms with Crippen molar-refractivity contribution in [1.82, 2.24) is 19.4 Å². The molecule has 5 aromatic rings. The van der Waals surface area contributed by atoms with E-state index in [9.17, 15) is 4.79 Å². The van der Waals surface area contributed by atoms with Crippen molar-refractivity contribution in [2.45, 2.75) is 13.3 Å². The number of imidazole rings is 1. The van der Waals surface area contributed by atoms with Gasteiger partial charge in [0.25, 0.3) is 5.91 Å². The molecule has 0 aliphatic rings. The molecule has 0 aliphatic heterocycles. The fourth-order valence-corrected chi connectivity index (χ4v) is 3.66. The summed E-state index contributed by atoms with van der Waals surface area (Å²) in [5.74, 6) is 6.63. The Balaban J connectivity index is 1.35. The van der Waals surface area contributed by atoms with Gasteiger partial charge in [0.05, 0.1) is 12.1 Å². The molecule has 0 spiro atoms. The van der Waals surface area contributed by atoms with Crippen molar-refractivity contribution in [3.8, 4) is 23.3 Å². The average molecular weight is 479 g/mol. The molecule has 3 heterocycles. The van der Waals surface area contributed by atoms with E-state index in [1.807, 2.05) is 54.0 Å². The number of hydrogen-bond donors (Lipinski definition) is 3. The van der Waals surface area contributed by atoms with E-state index in [1.54, 1.807) is 24.4 Å². The summed E-state index contributed by atoms with van der Waals surface area (Å²) in [4.78, 5) is 25.0. The lowest BCUT2D eigenvalue weighted by atomic mass is 10.1. The zero-order valence-electron chi connectivity index (χ0n) is 19.4. The van der Waals surface area contributed by atoms with Crippen LogP contribution in [0.1, 0.15) is 12.0 Å². The molecule has 0 aliphatic carbocycles. The van der Waals surface area contributed by atoms with Gasteiger partial charge in [-0.3, -0.25) is 4.79 Å². The Morgan fingerprint density at radius 3 is 2.81 bits per heavy atom. The Hall–Kier alpha value is -4.94. The monoisotopic (exact) mass is 478 g/mol. The van der Waals surface area contributed by atoms with Crippen molar-refractivity contribution in [2.75, 3.05) is 17.2 Å². The van der Waals surface area contributed by atoms with E-state index in [4.69, 9.17) is 9.84 Å². The Morgan fingerprint density at radius 1 is 1.06 bits per heavy atom. The maximum Gasteiger partial charge on any atom is 0.300 e. The minimum Gasteiger partial charge on any atom is -0.457 e. The fraction of sp³-hybridized carbons (Fsp3) is 0.111. The topological polar surface area (TPSA) is 114 Å². The molecule has 178 valence electrons. The van der Waals surface area contributed by atoms with Crippen molar-refractivity contribution in [1.29, 1.82) is 0 Å². The second-order valence-corrected chi connectivity index (χ2v) is 7.95. The maximum atomic E-state index is 12.0. The van der Waals surface area contributed by atoms with Gasteiger partial charge >= 0.3 is 0 Å². The SMILES string of the molecule is Cc1cc(Nc2ncnc3ccc(NC(=O)C#CCCO)cc23)ccc1Oc1ccn2ccnc2c1. The number of anilines is 3. The minimum atomic E-state index is -0.452. The van der Waals surface area contributed by atoms with Crippen molar-refractivity contribution < 1.29 is 14.6 Å². The summed E-state index contributed by atoms with van der Waals surface area (Å²) in [6.07, 6.45) is 7.26. The molecule has 2 aromatic carbocycles. The van der Waals surface area contributed by atoms with Crippen LogP contribution in [0.3, 0.4) is 0 Å². The summed E-state index contributed by atoms with van der Waals surface area (Å²) in [7, 11) is 0. The summed E-state index contributed by atoms with van der Waals surface area (Å²) in [6.45, 7) is 1.88. The molecule has 9 heteroatoms. The third-order valence-electron chi connectivity index (χ3n) is 5.37. The lowest BCUT2D eigenvalue weighted by Crippen LogP contribution is -2.08. The average Bonchev–Trinajstić information content (AvgIpc) is 3.34. The van der Waals surface area contributed by atoms with Crippen LogP contribution in [0, 0.1) is 18.8 Å². The van der Waals surface area contributed by atoms with Crippen molar-refractivity contribution >= 4 is 39.6 Å². The number of pyridine rings is 1. The minimum absolute atomic E-state index is 0.0870. The van der Waals surface area contributed by atoms with Crippen LogP contribution in [0.25, 0.3) is 16.6 Å². The Morgan fingerprint density at radius 2 is 1.94 bits per heavy atom. The van der Waals surface area contributed by atoms with Crippen LogP contribution >= 0.6 is 0 Å². The van der Waals surface area contributed by atoms with E-state index in [-0.39, 0.29) is 13.0 Å². The zero-order valence-corrected chi connectivity index (χ0v) is 19.4. The standard InChI is InChI=1S/C27H22N6O3/c1-18-14-19(6-8-24(18)36-21-9-11-33-12-10-28-25(33)16-21)32-27-22-15-20(5-7-23(22)29-17-30-27)31-26(35)4-2-3-13-34/h5-12,14-17,34H,3,13H2,1H3,(H,31,35)(H,29,30,32). The van der Waals surface area contributed by atoms with Crippen molar-refractivity contribution in [2.24, 2.45) is 0 Å². The zero-order chi connectivity index (χ0) is 24.9. The maximum absolute atomic E-state index is 12.0. The van der Waals surface area contributed by atoms with Gasteiger partial charge in [-0.1, -0.05) is 5.92 Å². The number of hydrogen-bond acceptors (Lipinski definition) is 7. The first-order valence-corrected chi connectivity index (χ1v) is 11.2. The van der Waals surface area contributed by atoms with Crippen molar-refractivity contribution in [3.63, 3.8) is 0 Å². The van der Waals surface area contributed by atoms with Crippen LogP contribution in [0.15, 0.2) is 73.4 Å². The quantitative estimate of drug-likeness (QED) is 0.309. The second kappa shape index (κ2) is 10.1. The number of aliphatic hydroxyl groups is 1. The third kappa shape index (κ3) is 5.09. The van der Waals surface area contributed by atoms with Gasteiger partial charge in [-0.05, 0) is 60.9 Å². The molecule has 0 saturated carbocycles. The Kier molecular flexibility index (Phi) is 6.42. The predicted octanol–water partition coefficient (Wildman–Crippen LogP) is 4.45. The number of aryl methyl sites for hydroxylation is 1. The Bertz CT molecular complexity index is 1630. The first-order valence-electron chi connectivity index (χ1n) is 11.2. The van der Waals surface area contributed by atoms with Gasteiger partial charge in [0.15, 0.2) is 0 Å². The number of carbonyl (C=O) groups excluding carboxylic acids is 1. The molecule has 3 N–H and O–H groups in total. The van der Waals surface area contributed by atoms with E-state index < -0.39 is 5.91 Å². The highest BCUT2D eigenvalue weighted by Crippen LogP contribution is 2.30. The van der Waals surface area contributed by atoms with Crippen LogP contribution in [0.4, 0.5) is 17.2 Å². The number of fused-ring (bicyclic) bond motifs is 2. The molecular weight excluding hydrogens is 456 g/mol. The molecule has 5 rings (SSSR count). The van der Waals surface area contributed by atoms with Gasteiger partial charge in [-0.2, -0.15) is 0 Å². The molecule has 1 amide bonds. The highest BCUT2D eigenvalue weighted by Gasteiger charge is 2.09. The van der Waals surface area contributed by atoms with Gasteiger partial charge in [-0.25, -0.2) is 15.0 Å². The number of nitrogens with one attached hydrogen (secondary N) is 2. The summed E-state index contributed by atoms with van der Waals surface area (Å²) in [5, 5.41) is 15.6. The summed E-state index contributed by atoms with van der Waals surface area (Å²) < 4.78 is 8.00. The van der Waals surface area contributed by atoms with Gasteiger partial charge in [0.1, 0.15) is 29.3 Å². The normalized spacial score (nSPS) is 10.6. The molecule has 0 saturated heterocycles. The van der Waals surface area contributed by atoms with Crippen molar-refractivity contribution in [3.05, 3.63) is 79.0 Å². The van der Waals surface area contributed by atoms with E-state index in [0.29, 0.717) is 17.3 Å². The molecule has 9 nitrogen and oxygen atoms in total. The number of carbonyl (C=O) groups is 1. The molecular formula is C27H22N6O3.